The summed E-state index contributed by atoms with van der Waals surface area (Å²) in [6, 6.07) is 11.4. The molecule has 1 aliphatic heterocycles. The summed E-state index contributed by atoms with van der Waals surface area (Å²) < 4.78 is 7.91. The number of aromatic nitrogens is 3. The summed E-state index contributed by atoms with van der Waals surface area (Å²) in [6.45, 7) is 4.07. The Morgan fingerprint density at radius 1 is 1.22 bits per heavy atom. The van der Waals surface area contributed by atoms with Crippen LogP contribution in [0.15, 0.2) is 66.3 Å². The van der Waals surface area contributed by atoms with Crippen LogP contribution in [-0.4, -0.2) is 56.6 Å². The summed E-state index contributed by atoms with van der Waals surface area (Å²) in [5.74, 6) is -0.620. The molecule has 2 aliphatic rings. The highest BCUT2D eigenvalue weighted by atomic mass is 32.1. The molecule has 2 aromatic heterocycles. The van der Waals surface area contributed by atoms with Crippen molar-refractivity contribution in [3.8, 4) is 0 Å². The minimum absolute atomic E-state index is 0.253. The fraction of sp³-hybridized carbons (Fsp3) is 0.419. The molecule has 1 aromatic carbocycles. The Morgan fingerprint density at radius 3 is 2.71 bits per heavy atom. The number of benzodiazepines with no additional fused rings is 1. The van der Waals surface area contributed by atoms with Gasteiger partial charge >= 0.3 is 0 Å². The fourth-order valence-corrected chi connectivity index (χ4v) is 5.35. The van der Waals surface area contributed by atoms with E-state index in [1.165, 1.54) is 0 Å². The van der Waals surface area contributed by atoms with Gasteiger partial charge < -0.3 is 15.0 Å². The number of imidazole rings is 1. The van der Waals surface area contributed by atoms with Gasteiger partial charge in [0.15, 0.2) is 0 Å². The molecule has 3 atom stereocenters. The van der Waals surface area contributed by atoms with E-state index in [0.717, 1.165) is 36.8 Å². The highest BCUT2D eigenvalue weighted by Gasteiger charge is 2.39. The van der Waals surface area contributed by atoms with Crippen LogP contribution >= 0.6 is 12.2 Å². The van der Waals surface area contributed by atoms with E-state index in [4.69, 9.17) is 21.9 Å². The Bertz CT molecular complexity index is 1420. The second-order valence-corrected chi connectivity index (χ2v) is 11.2. The summed E-state index contributed by atoms with van der Waals surface area (Å²) >= 11 is 5.55. The number of hydrogen-bond donors (Lipinski definition) is 1. The summed E-state index contributed by atoms with van der Waals surface area (Å²) in [7, 11) is 1.71. The van der Waals surface area contributed by atoms with E-state index in [0.29, 0.717) is 35.9 Å². The molecular weight excluding hydrogens is 536 g/mol. The predicted molar refractivity (Wildman–Crippen MR) is 162 cm³/mol. The second kappa shape index (κ2) is 12.7. The zero-order chi connectivity index (χ0) is 28.9. The number of unbranched alkanes of at least 4 members (excludes halogenated alkanes) is 1. The molecule has 1 aliphatic carbocycles. The molecular formula is C31H36N6O3S. The number of rotatable bonds is 10. The van der Waals surface area contributed by atoms with E-state index in [9.17, 15) is 9.59 Å². The number of benzene rings is 1. The van der Waals surface area contributed by atoms with Gasteiger partial charge in [0.2, 0.25) is 12.1 Å². The van der Waals surface area contributed by atoms with Crippen molar-refractivity contribution in [2.75, 3.05) is 11.9 Å². The third kappa shape index (κ3) is 6.70. The van der Waals surface area contributed by atoms with Crippen LogP contribution in [0.3, 0.4) is 0 Å². The average Bonchev–Trinajstić information content (AvgIpc) is 3.65. The predicted octanol–water partition coefficient (Wildman–Crippen LogP) is 4.67. The molecule has 9 nitrogen and oxygen atoms in total. The van der Waals surface area contributed by atoms with Gasteiger partial charge in [-0.3, -0.25) is 19.1 Å². The smallest absolute Gasteiger partial charge is 0.272 e. The quantitative estimate of drug-likeness (QED) is 0.355. The van der Waals surface area contributed by atoms with Crippen molar-refractivity contribution < 1.29 is 14.3 Å². The van der Waals surface area contributed by atoms with Gasteiger partial charge in [-0.15, -0.1) is 0 Å². The second-order valence-electron chi connectivity index (χ2n) is 10.8. The number of likely N-dealkylation sites (N-methyl/N-ethyl adjacent to an activating group) is 1. The first-order valence-electron chi connectivity index (χ1n) is 14.2. The number of amides is 2. The van der Waals surface area contributed by atoms with Crippen molar-refractivity contribution in [2.24, 2.45) is 16.8 Å². The number of nitrogens with one attached hydrogen (secondary N) is 1. The molecule has 0 spiro atoms. The lowest BCUT2D eigenvalue weighted by atomic mass is 9.91. The number of nitrogens with zero attached hydrogens (tertiary/aromatic N) is 5. The van der Waals surface area contributed by atoms with Gasteiger partial charge in [-0.1, -0.05) is 56.9 Å². The van der Waals surface area contributed by atoms with E-state index in [1.54, 1.807) is 41.4 Å². The number of ether oxygens (including phenoxy) is 1. The van der Waals surface area contributed by atoms with Gasteiger partial charge in [0.05, 0.1) is 23.0 Å². The monoisotopic (exact) mass is 572 g/mol. The van der Waals surface area contributed by atoms with Crippen LogP contribution in [0.25, 0.3) is 0 Å². The van der Waals surface area contributed by atoms with Crippen molar-refractivity contribution in [2.45, 2.75) is 64.6 Å². The largest absolute Gasteiger partial charge is 0.466 e. The van der Waals surface area contributed by atoms with Crippen molar-refractivity contribution in [1.29, 1.82) is 0 Å². The first-order valence-corrected chi connectivity index (χ1v) is 14.6. The van der Waals surface area contributed by atoms with Crippen LogP contribution in [0.1, 0.15) is 62.3 Å². The molecule has 1 saturated carbocycles. The van der Waals surface area contributed by atoms with Crippen LogP contribution in [0.2, 0.25) is 0 Å². The standard InChI is InChI=1S/C31H36N6O3S/c1-4-5-10-26(40-31(41)37-16-15-32-19-37)23(17-21-12-13-21)29(38)35-28-30(39)36(3)25-9-7-6-8-22(25)27(34-28)24-14-11-20(2)18-33-24/h6-9,11,14-16,18-19,21,23,26,28H,4-5,10,12-13,17H2,1-3H3,(H,35,38)/t23-,26+,28?/m1/s1. The van der Waals surface area contributed by atoms with Crippen LogP contribution in [0.4, 0.5) is 5.69 Å². The highest BCUT2D eigenvalue weighted by molar-refractivity contribution is 7.80. The van der Waals surface area contributed by atoms with E-state index in [2.05, 4.69) is 22.2 Å². The number of carbonyl (C=O) groups excluding carboxylic acids is 2. The molecule has 1 fully saturated rings. The zero-order valence-electron chi connectivity index (χ0n) is 23.7. The Balaban J connectivity index is 1.46. The number of thiocarbonyl (C=S) groups is 1. The summed E-state index contributed by atoms with van der Waals surface area (Å²) in [5, 5.41) is 3.25. The molecule has 2 amide bonds. The number of aliphatic imine (C=N–C) groups is 1. The average molecular weight is 573 g/mol. The first-order chi connectivity index (χ1) is 19.9. The van der Waals surface area contributed by atoms with Crippen LogP contribution in [0.5, 0.6) is 0 Å². The van der Waals surface area contributed by atoms with Crippen LogP contribution < -0.4 is 10.2 Å². The minimum atomic E-state index is -1.12. The maximum atomic E-state index is 14.1. The molecule has 1 unspecified atom stereocenters. The Hall–Kier alpha value is -3.92. The van der Waals surface area contributed by atoms with E-state index < -0.39 is 18.2 Å². The molecule has 10 heteroatoms. The maximum absolute atomic E-state index is 14.1. The molecule has 0 bridgehead atoms. The van der Waals surface area contributed by atoms with E-state index in [-0.39, 0.29) is 17.0 Å². The number of para-hydroxylation sites is 1. The highest BCUT2D eigenvalue weighted by Crippen LogP contribution is 2.38. The normalized spacial score (nSPS) is 18.1. The number of pyridine rings is 1. The van der Waals surface area contributed by atoms with E-state index in [1.807, 2.05) is 43.3 Å². The fourth-order valence-electron chi connectivity index (χ4n) is 5.12. The van der Waals surface area contributed by atoms with E-state index >= 15 is 0 Å². The molecule has 5 rings (SSSR count). The van der Waals surface area contributed by atoms with Gasteiger partial charge in [0.1, 0.15) is 12.4 Å². The van der Waals surface area contributed by atoms with Crippen molar-refractivity contribution in [1.82, 2.24) is 19.9 Å². The molecule has 3 heterocycles. The number of hydrogen-bond acceptors (Lipinski definition) is 7. The molecule has 0 saturated heterocycles. The molecule has 0 radical (unpaired) electrons. The third-order valence-electron chi connectivity index (χ3n) is 7.66. The van der Waals surface area contributed by atoms with Crippen molar-refractivity contribution >= 4 is 40.6 Å². The molecule has 214 valence electrons. The summed E-state index contributed by atoms with van der Waals surface area (Å²) in [4.78, 5) is 42.8. The lowest BCUT2D eigenvalue weighted by Crippen LogP contribution is -2.50. The maximum Gasteiger partial charge on any atom is 0.272 e. The van der Waals surface area contributed by atoms with Gasteiger partial charge in [-0.25, -0.2) is 9.98 Å². The Kier molecular flexibility index (Phi) is 8.87. The number of carbonyl (C=O) groups is 2. The first kappa shape index (κ1) is 28.6. The van der Waals surface area contributed by atoms with Crippen molar-refractivity contribution in [3.05, 3.63) is 78.1 Å². The van der Waals surface area contributed by atoms with Gasteiger partial charge in [0, 0.05) is 31.2 Å². The molecule has 1 N–H and O–H groups in total. The minimum Gasteiger partial charge on any atom is -0.466 e. The number of anilines is 1. The van der Waals surface area contributed by atoms with Gasteiger partial charge in [-0.05, 0) is 55.6 Å². The SMILES string of the molecule is CCCC[C@H](OC(=S)n1ccnc1)[C@@H](CC1CC1)C(=O)NC1N=C(c2ccc(C)cn2)c2ccccc2N(C)C1=O. The summed E-state index contributed by atoms with van der Waals surface area (Å²) in [6.07, 6.45) is 10.5. The summed E-state index contributed by atoms with van der Waals surface area (Å²) in [5.41, 5.74) is 3.70. The number of fused-ring (bicyclic) bond motifs is 1. The lowest BCUT2D eigenvalue weighted by Gasteiger charge is -2.29. The number of aryl methyl sites for hydroxylation is 1. The van der Waals surface area contributed by atoms with Gasteiger partial charge in [0.25, 0.3) is 11.1 Å². The topological polar surface area (TPSA) is 102 Å². The van der Waals surface area contributed by atoms with Crippen molar-refractivity contribution in [3.63, 3.8) is 0 Å². The Labute approximate surface area is 246 Å². The zero-order valence-corrected chi connectivity index (χ0v) is 24.5. The molecule has 3 aromatic rings. The van der Waals surface area contributed by atoms with Crippen LogP contribution in [-0.2, 0) is 14.3 Å². The lowest BCUT2D eigenvalue weighted by molar-refractivity contribution is -0.132. The van der Waals surface area contributed by atoms with Gasteiger partial charge in [-0.2, -0.15) is 0 Å². The van der Waals surface area contributed by atoms with Crippen LogP contribution in [0, 0.1) is 18.8 Å². The Morgan fingerprint density at radius 2 is 2.02 bits per heavy atom. The third-order valence-corrected chi connectivity index (χ3v) is 7.96. The molecule has 41 heavy (non-hydrogen) atoms.